The van der Waals surface area contributed by atoms with E-state index in [1.165, 1.54) is 12.1 Å². The Morgan fingerprint density at radius 3 is 2.74 bits per heavy atom. The van der Waals surface area contributed by atoms with Crippen molar-refractivity contribution in [2.75, 3.05) is 5.73 Å². The number of hydrogen-bond donors (Lipinski definition) is 2. The van der Waals surface area contributed by atoms with Crippen LogP contribution in [0, 0.1) is 0 Å². The van der Waals surface area contributed by atoms with E-state index in [4.69, 9.17) is 28.9 Å². The maximum atomic E-state index is 12.0. The van der Waals surface area contributed by atoms with Gasteiger partial charge in [-0.25, -0.2) is 13.1 Å². The Hall–Kier alpha value is -1.35. The van der Waals surface area contributed by atoms with E-state index in [0.717, 1.165) is 6.39 Å². The minimum atomic E-state index is -3.85. The van der Waals surface area contributed by atoms with Gasteiger partial charge in [-0.3, -0.25) is 0 Å². The molecule has 0 saturated carbocycles. The van der Waals surface area contributed by atoms with Crippen molar-refractivity contribution >= 4 is 38.9 Å². The van der Waals surface area contributed by atoms with E-state index >= 15 is 0 Å². The molecular weight excluding hydrogens is 315 g/mol. The first kappa shape index (κ1) is 14.1. The summed E-state index contributed by atoms with van der Waals surface area (Å²) in [5, 5.41) is 3.53. The lowest BCUT2D eigenvalue weighted by molar-refractivity contribution is 0.409. The van der Waals surface area contributed by atoms with Crippen LogP contribution in [0.4, 0.5) is 5.69 Å². The topological polar surface area (TPSA) is 111 Å². The molecule has 7 nitrogen and oxygen atoms in total. The molecule has 0 saturated heterocycles. The molecule has 0 bridgehead atoms. The first-order chi connectivity index (χ1) is 8.92. The van der Waals surface area contributed by atoms with Crippen LogP contribution in [0.25, 0.3) is 0 Å². The standard InChI is InChI=1S/C9H8Cl2N4O3S/c10-5-1-2-6(8(11)9(5)12)19(16,17)14-3-7-13-4-18-15-7/h1-2,4,14H,3,12H2. The number of benzene rings is 1. The van der Waals surface area contributed by atoms with E-state index in [0.29, 0.717) is 0 Å². The summed E-state index contributed by atoms with van der Waals surface area (Å²) in [7, 11) is -3.85. The number of halogens is 2. The molecule has 0 aliphatic carbocycles. The first-order valence-corrected chi connectivity index (χ1v) is 7.14. The van der Waals surface area contributed by atoms with Gasteiger partial charge in [-0.2, -0.15) is 4.98 Å². The van der Waals surface area contributed by atoms with Gasteiger partial charge in [-0.05, 0) is 12.1 Å². The number of nitrogens with one attached hydrogen (secondary N) is 1. The normalized spacial score (nSPS) is 11.7. The first-order valence-electron chi connectivity index (χ1n) is 4.90. The smallest absolute Gasteiger partial charge is 0.242 e. The van der Waals surface area contributed by atoms with Gasteiger partial charge in [0.1, 0.15) is 4.90 Å². The van der Waals surface area contributed by atoms with E-state index in [9.17, 15) is 8.42 Å². The Bertz CT molecular complexity index is 688. The van der Waals surface area contributed by atoms with Gasteiger partial charge in [0, 0.05) is 0 Å². The van der Waals surface area contributed by atoms with Crippen molar-refractivity contribution in [2.45, 2.75) is 11.4 Å². The van der Waals surface area contributed by atoms with E-state index in [2.05, 4.69) is 19.4 Å². The number of nitrogens with two attached hydrogens (primary N) is 1. The molecule has 19 heavy (non-hydrogen) atoms. The third kappa shape index (κ3) is 2.98. The van der Waals surface area contributed by atoms with Crippen molar-refractivity contribution in [2.24, 2.45) is 0 Å². The SMILES string of the molecule is Nc1c(Cl)ccc(S(=O)(=O)NCc2ncon2)c1Cl. The second-order valence-electron chi connectivity index (χ2n) is 3.45. The highest BCUT2D eigenvalue weighted by Crippen LogP contribution is 2.32. The predicted octanol–water partition coefficient (Wildman–Crippen LogP) is 1.44. The molecule has 1 aromatic carbocycles. The van der Waals surface area contributed by atoms with Crippen LogP contribution in [-0.4, -0.2) is 18.6 Å². The molecular formula is C9H8Cl2N4O3S. The zero-order valence-electron chi connectivity index (χ0n) is 9.30. The minimum Gasteiger partial charge on any atom is -0.396 e. The fourth-order valence-corrected chi connectivity index (χ4v) is 3.01. The van der Waals surface area contributed by atoms with Crippen molar-refractivity contribution < 1.29 is 12.9 Å². The highest BCUT2D eigenvalue weighted by molar-refractivity contribution is 7.89. The molecule has 2 rings (SSSR count). The highest BCUT2D eigenvalue weighted by atomic mass is 35.5. The molecule has 0 aliphatic heterocycles. The average molecular weight is 323 g/mol. The molecule has 1 aromatic heterocycles. The molecule has 0 radical (unpaired) electrons. The van der Waals surface area contributed by atoms with Crippen LogP contribution in [-0.2, 0) is 16.6 Å². The third-order valence-electron chi connectivity index (χ3n) is 2.21. The summed E-state index contributed by atoms with van der Waals surface area (Å²) < 4.78 is 30.8. The van der Waals surface area contributed by atoms with Gasteiger partial charge in [0.15, 0.2) is 5.82 Å². The lowest BCUT2D eigenvalue weighted by atomic mass is 10.3. The van der Waals surface area contributed by atoms with Crippen LogP contribution >= 0.6 is 23.2 Å². The minimum absolute atomic E-state index is 0.00534. The van der Waals surface area contributed by atoms with Gasteiger partial charge in [0.05, 0.1) is 22.3 Å². The third-order valence-corrected chi connectivity index (χ3v) is 4.50. The van der Waals surface area contributed by atoms with Gasteiger partial charge in [0.2, 0.25) is 16.4 Å². The summed E-state index contributed by atoms with van der Waals surface area (Å²) in [6.07, 6.45) is 1.09. The van der Waals surface area contributed by atoms with Crippen molar-refractivity contribution in [1.29, 1.82) is 0 Å². The second-order valence-corrected chi connectivity index (χ2v) is 5.97. The number of sulfonamides is 1. The van der Waals surface area contributed by atoms with Gasteiger partial charge in [0.25, 0.3) is 0 Å². The van der Waals surface area contributed by atoms with Crippen LogP contribution in [0.3, 0.4) is 0 Å². The number of hydrogen-bond acceptors (Lipinski definition) is 6. The molecule has 0 atom stereocenters. The van der Waals surface area contributed by atoms with E-state index in [-0.39, 0.29) is 33.0 Å². The molecule has 2 aromatic rings. The lowest BCUT2D eigenvalue weighted by Gasteiger charge is -2.09. The molecule has 0 unspecified atom stereocenters. The van der Waals surface area contributed by atoms with Crippen LogP contribution < -0.4 is 10.5 Å². The number of nitrogens with zero attached hydrogens (tertiary/aromatic N) is 2. The summed E-state index contributed by atoms with van der Waals surface area (Å²) in [5.74, 6) is 0.196. The molecule has 1 heterocycles. The second kappa shape index (κ2) is 5.33. The van der Waals surface area contributed by atoms with Crippen molar-refractivity contribution in [1.82, 2.24) is 14.9 Å². The molecule has 0 aliphatic rings. The Morgan fingerprint density at radius 1 is 1.37 bits per heavy atom. The van der Waals surface area contributed by atoms with E-state index in [1.807, 2.05) is 0 Å². The zero-order valence-corrected chi connectivity index (χ0v) is 11.6. The predicted molar refractivity (Wildman–Crippen MR) is 69.2 cm³/mol. The number of aromatic nitrogens is 2. The van der Waals surface area contributed by atoms with Crippen molar-refractivity contribution in [3.05, 3.63) is 34.4 Å². The molecule has 0 amide bonds. The molecule has 3 N–H and O–H groups in total. The zero-order chi connectivity index (χ0) is 14.0. The van der Waals surface area contributed by atoms with Crippen LogP contribution in [0.1, 0.15) is 5.82 Å². The summed E-state index contributed by atoms with van der Waals surface area (Å²) in [4.78, 5) is 3.52. The maximum Gasteiger partial charge on any atom is 0.242 e. The van der Waals surface area contributed by atoms with E-state index < -0.39 is 10.0 Å². The summed E-state index contributed by atoms with van der Waals surface area (Å²) in [6.45, 7) is -0.127. The number of rotatable bonds is 4. The average Bonchev–Trinajstić information content (AvgIpc) is 2.86. The summed E-state index contributed by atoms with van der Waals surface area (Å²) in [5.41, 5.74) is 5.58. The fraction of sp³-hybridized carbons (Fsp3) is 0.111. The van der Waals surface area contributed by atoms with Crippen LogP contribution in [0.2, 0.25) is 10.0 Å². The van der Waals surface area contributed by atoms with Crippen LogP contribution in [0.5, 0.6) is 0 Å². The fourth-order valence-electron chi connectivity index (χ4n) is 1.26. The molecule has 102 valence electrons. The van der Waals surface area contributed by atoms with Gasteiger partial charge in [-0.15, -0.1) is 0 Å². The Balaban J connectivity index is 2.27. The molecule has 0 spiro atoms. The quantitative estimate of drug-likeness (QED) is 0.824. The monoisotopic (exact) mass is 322 g/mol. The molecule has 10 heteroatoms. The van der Waals surface area contributed by atoms with Gasteiger partial charge in [-0.1, -0.05) is 28.4 Å². The highest BCUT2D eigenvalue weighted by Gasteiger charge is 2.21. The van der Waals surface area contributed by atoms with E-state index in [1.54, 1.807) is 0 Å². The largest absolute Gasteiger partial charge is 0.396 e. The Kier molecular flexibility index (Phi) is 3.95. The number of anilines is 1. The van der Waals surface area contributed by atoms with Crippen molar-refractivity contribution in [3.63, 3.8) is 0 Å². The van der Waals surface area contributed by atoms with Crippen molar-refractivity contribution in [3.8, 4) is 0 Å². The summed E-state index contributed by atoms with van der Waals surface area (Å²) in [6, 6.07) is 2.62. The van der Waals surface area contributed by atoms with Gasteiger partial charge >= 0.3 is 0 Å². The Labute approximate surface area is 118 Å². The lowest BCUT2D eigenvalue weighted by Crippen LogP contribution is -2.24. The van der Waals surface area contributed by atoms with Gasteiger partial charge < -0.3 is 10.3 Å². The van der Waals surface area contributed by atoms with Crippen LogP contribution in [0.15, 0.2) is 27.9 Å². The summed E-state index contributed by atoms with van der Waals surface area (Å²) >= 11 is 11.6. The molecule has 0 fully saturated rings. The number of nitrogen functional groups attached to an aromatic ring is 1. The maximum absolute atomic E-state index is 12.0. The Morgan fingerprint density at radius 2 is 2.11 bits per heavy atom.